The largest absolute Gasteiger partial charge is 0.452 e. The Labute approximate surface area is 112 Å². The van der Waals surface area contributed by atoms with Crippen LogP contribution in [0, 0.1) is 5.92 Å². The monoisotopic (exact) mass is 351 g/mol. The summed E-state index contributed by atoms with van der Waals surface area (Å²) in [7, 11) is 0. The summed E-state index contributed by atoms with van der Waals surface area (Å²) >= 11 is 6.73. The first-order chi connectivity index (χ1) is 7.66. The normalized spacial score (nSPS) is 22.6. The van der Waals surface area contributed by atoms with Crippen LogP contribution in [0.25, 0.3) is 0 Å². The van der Waals surface area contributed by atoms with Crippen molar-refractivity contribution in [3.63, 3.8) is 0 Å². The fourth-order valence-electron chi connectivity index (χ4n) is 1.85. The maximum absolute atomic E-state index is 5.50. The molecular formula is C11H15Br2NO2. The second-order valence-electron chi connectivity index (χ2n) is 4.13. The Morgan fingerprint density at radius 3 is 2.94 bits per heavy atom. The van der Waals surface area contributed by atoms with Gasteiger partial charge in [-0.05, 0) is 57.2 Å². The highest BCUT2D eigenvalue weighted by Gasteiger charge is 2.22. The average Bonchev–Trinajstić information content (AvgIpc) is 2.86. The summed E-state index contributed by atoms with van der Waals surface area (Å²) in [5.41, 5.74) is 0. The van der Waals surface area contributed by atoms with Crippen LogP contribution < -0.4 is 5.32 Å². The van der Waals surface area contributed by atoms with Crippen LogP contribution in [-0.2, 0) is 11.3 Å². The molecule has 0 aromatic carbocycles. The lowest BCUT2D eigenvalue weighted by Gasteiger charge is -2.18. The van der Waals surface area contributed by atoms with Crippen molar-refractivity contribution < 1.29 is 9.15 Å². The third-order valence-electron chi connectivity index (χ3n) is 2.97. The Bertz CT molecular complexity index is 328. The van der Waals surface area contributed by atoms with Crippen molar-refractivity contribution >= 4 is 31.9 Å². The van der Waals surface area contributed by atoms with Gasteiger partial charge < -0.3 is 14.5 Å². The van der Waals surface area contributed by atoms with Crippen molar-refractivity contribution in [2.24, 2.45) is 5.92 Å². The van der Waals surface area contributed by atoms with Crippen LogP contribution in [0.5, 0.6) is 0 Å². The fourth-order valence-corrected chi connectivity index (χ4v) is 2.51. The first kappa shape index (κ1) is 12.6. The second-order valence-corrected chi connectivity index (χ2v) is 5.70. The van der Waals surface area contributed by atoms with Crippen LogP contribution in [0.3, 0.4) is 0 Å². The average molecular weight is 353 g/mol. The van der Waals surface area contributed by atoms with E-state index >= 15 is 0 Å². The Morgan fingerprint density at radius 1 is 1.56 bits per heavy atom. The topological polar surface area (TPSA) is 34.4 Å². The zero-order valence-corrected chi connectivity index (χ0v) is 12.3. The molecule has 0 amide bonds. The van der Waals surface area contributed by atoms with Gasteiger partial charge in [0.15, 0.2) is 4.67 Å². The van der Waals surface area contributed by atoms with Gasteiger partial charge in [0.2, 0.25) is 0 Å². The van der Waals surface area contributed by atoms with E-state index in [9.17, 15) is 0 Å². The molecule has 1 aromatic heterocycles. The van der Waals surface area contributed by atoms with Gasteiger partial charge in [-0.3, -0.25) is 0 Å². The molecular weight excluding hydrogens is 338 g/mol. The number of furan rings is 1. The van der Waals surface area contributed by atoms with E-state index in [1.807, 2.05) is 6.07 Å². The first-order valence-corrected chi connectivity index (χ1v) is 7.00. The lowest BCUT2D eigenvalue weighted by atomic mass is 10.0. The van der Waals surface area contributed by atoms with Crippen molar-refractivity contribution in [3.05, 3.63) is 21.0 Å². The van der Waals surface area contributed by atoms with E-state index in [-0.39, 0.29) is 0 Å². The first-order valence-electron chi connectivity index (χ1n) is 5.41. The summed E-state index contributed by atoms with van der Waals surface area (Å²) < 4.78 is 12.6. The molecule has 1 aliphatic heterocycles. The Balaban J connectivity index is 1.82. The lowest BCUT2D eigenvalue weighted by Crippen LogP contribution is -2.33. The molecule has 1 saturated heterocycles. The molecule has 5 heteroatoms. The maximum atomic E-state index is 5.50. The molecule has 2 heterocycles. The van der Waals surface area contributed by atoms with Gasteiger partial charge in [-0.1, -0.05) is 0 Å². The van der Waals surface area contributed by atoms with Crippen molar-refractivity contribution in [2.45, 2.75) is 25.9 Å². The van der Waals surface area contributed by atoms with Gasteiger partial charge in [-0.2, -0.15) is 0 Å². The van der Waals surface area contributed by atoms with Crippen molar-refractivity contribution in [1.82, 2.24) is 5.32 Å². The molecule has 2 rings (SSSR count). The number of hydrogen-bond acceptors (Lipinski definition) is 3. The highest BCUT2D eigenvalue weighted by atomic mass is 79.9. The van der Waals surface area contributed by atoms with Gasteiger partial charge in [0.25, 0.3) is 0 Å². The second kappa shape index (κ2) is 5.67. The van der Waals surface area contributed by atoms with Crippen LogP contribution in [-0.4, -0.2) is 19.3 Å². The summed E-state index contributed by atoms with van der Waals surface area (Å²) in [4.78, 5) is 0. The molecule has 1 aliphatic rings. The van der Waals surface area contributed by atoms with Crippen molar-refractivity contribution in [3.8, 4) is 0 Å². The van der Waals surface area contributed by atoms with Gasteiger partial charge in [0.05, 0.1) is 17.6 Å². The number of halogens is 2. The zero-order valence-electron chi connectivity index (χ0n) is 9.13. The predicted molar refractivity (Wildman–Crippen MR) is 69.3 cm³/mol. The molecule has 0 spiro atoms. The number of rotatable bonds is 4. The van der Waals surface area contributed by atoms with E-state index in [1.165, 1.54) is 0 Å². The van der Waals surface area contributed by atoms with Gasteiger partial charge in [0, 0.05) is 12.6 Å². The van der Waals surface area contributed by atoms with E-state index in [1.54, 1.807) is 0 Å². The van der Waals surface area contributed by atoms with Gasteiger partial charge >= 0.3 is 0 Å². The highest BCUT2D eigenvalue weighted by Crippen LogP contribution is 2.26. The van der Waals surface area contributed by atoms with Crippen LogP contribution >= 0.6 is 31.9 Å². The smallest absolute Gasteiger partial charge is 0.183 e. The third-order valence-corrected chi connectivity index (χ3v) is 4.68. The van der Waals surface area contributed by atoms with Gasteiger partial charge in [0.1, 0.15) is 5.76 Å². The molecule has 1 aromatic rings. The van der Waals surface area contributed by atoms with Crippen LogP contribution in [0.2, 0.25) is 0 Å². The van der Waals surface area contributed by atoms with E-state index < -0.39 is 0 Å². The van der Waals surface area contributed by atoms with Crippen molar-refractivity contribution in [2.75, 3.05) is 13.2 Å². The summed E-state index contributed by atoms with van der Waals surface area (Å²) in [6.45, 7) is 4.72. The molecule has 0 bridgehead atoms. The molecule has 0 aliphatic carbocycles. The summed E-state index contributed by atoms with van der Waals surface area (Å²) in [6, 6.07) is 2.44. The third kappa shape index (κ3) is 3.09. The molecule has 2 atom stereocenters. The van der Waals surface area contributed by atoms with E-state index in [0.717, 1.165) is 41.1 Å². The molecule has 0 radical (unpaired) electrons. The number of ether oxygens (including phenoxy) is 1. The van der Waals surface area contributed by atoms with Crippen LogP contribution in [0.15, 0.2) is 19.6 Å². The Hall–Kier alpha value is 0.160. The van der Waals surface area contributed by atoms with Crippen LogP contribution in [0.1, 0.15) is 19.1 Å². The summed E-state index contributed by atoms with van der Waals surface area (Å²) in [5.74, 6) is 1.56. The maximum Gasteiger partial charge on any atom is 0.183 e. The molecule has 16 heavy (non-hydrogen) atoms. The Morgan fingerprint density at radius 2 is 2.38 bits per heavy atom. The molecule has 1 N–H and O–H groups in total. The van der Waals surface area contributed by atoms with Crippen LogP contribution in [0.4, 0.5) is 0 Å². The minimum absolute atomic E-state index is 0.463. The predicted octanol–water partition coefficient (Wildman–Crippen LogP) is 3.32. The SMILES string of the molecule is CC(NCc1cc(Br)c(Br)o1)C1CCOC1. The molecule has 3 nitrogen and oxygen atoms in total. The van der Waals surface area contributed by atoms with Gasteiger partial charge in [-0.25, -0.2) is 0 Å². The molecule has 0 saturated carbocycles. The lowest BCUT2D eigenvalue weighted by molar-refractivity contribution is 0.178. The number of nitrogens with one attached hydrogen (secondary N) is 1. The van der Waals surface area contributed by atoms with E-state index in [4.69, 9.17) is 9.15 Å². The van der Waals surface area contributed by atoms with E-state index in [0.29, 0.717) is 12.0 Å². The summed E-state index contributed by atoms with van der Waals surface area (Å²) in [5, 5.41) is 3.47. The quantitative estimate of drug-likeness (QED) is 0.902. The highest BCUT2D eigenvalue weighted by molar-refractivity contribution is 9.13. The van der Waals surface area contributed by atoms with E-state index in [2.05, 4.69) is 44.1 Å². The van der Waals surface area contributed by atoms with Gasteiger partial charge in [-0.15, -0.1) is 0 Å². The zero-order chi connectivity index (χ0) is 11.5. The van der Waals surface area contributed by atoms with Crippen molar-refractivity contribution in [1.29, 1.82) is 0 Å². The fraction of sp³-hybridized carbons (Fsp3) is 0.636. The molecule has 90 valence electrons. The summed E-state index contributed by atoms with van der Waals surface area (Å²) in [6.07, 6.45) is 1.15. The number of hydrogen-bond donors (Lipinski definition) is 1. The minimum atomic E-state index is 0.463. The molecule has 1 fully saturated rings. The Kier molecular flexibility index (Phi) is 4.47. The standard InChI is InChI=1S/C11H15Br2NO2/c1-7(8-2-3-15-6-8)14-5-9-4-10(12)11(13)16-9/h4,7-8,14H,2-3,5-6H2,1H3. The molecule has 2 unspecified atom stereocenters. The minimum Gasteiger partial charge on any atom is -0.452 e.